The van der Waals surface area contributed by atoms with Gasteiger partial charge in [-0.3, -0.25) is 9.09 Å². The number of phosphoric ester groups is 1. The Morgan fingerprint density at radius 2 is 2.12 bits per heavy atom. The second-order valence-corrected chi connectivity index (χ2v) is 8.27. The van der Waals surface area contributed by atoms with Crippen LogP contribution in [-0.2, 0) is 28.4 Å². The second-order valence-electron chi connectivity index (χ2n) is 5.44. The predicted octanol–water partition coefficient (Wildman–Crippen LogP) is -1.13. The van der Waals surface area contributed by atoms with Gasteiger partial charge < -0.3 is 30.3 Å². The van der Waals surface area contributed by atoms with Crippen LogP contribution in [0.3, 0.4) is 0 Å². The van der Waals surface area contributed by atoms with Gasteiger partial charge >= 0.3 is 21.3 Å². The zero-order chi connectivity index (χ0) is 19.0. The first-order chi connectivity index (χ1) is 11.3. The number of ether oxygens (including phenoxy) is 1. The van der Waals surface area contributed by atoms with Crippen LogP contribution < -0.4 is 11.4 Å². The predicted molar refractivity (Wildman–Crippen MR) is 81.0 cm³/mol. The standard InChI is InChI=1S/C10H17N3O10P2/c1-10(13-3-2-8(11)12-9(13)15)4-6(14)7(22-10)5-21-25(19,20)23-24(16,17)18/h2-3,6-7,14H,4-5H2,1H3,(H,19,20)(H2,11,12,15)(H2,16,17,18)/t6-,7+,10+/m0/s1. The minimum absolute atomic E-state index is 0.000849. The van der Waals surface area contributed by atoms with Crippen molar-refractivity contribution in [2.45, 2.75) is 31.3 Å². The van der Waals surface area contributed by atoms with Crippen LogP contribution >= 0.6 is 15.6 Å². The van der Waals surface area contributed by atoms with Crippen LogP contribution in [0.15, 0.2) is 17.1 Å². The number of nitrogen functional groups attached to an aromatic ring is 1. The van der Waals surface area contributed by atoms with E-state index in [2.05, 4.69) is 13.8 Å². The summed E-state index contributed by atoms with van der Waals surface area (Å²) < 4.78 is 36.7. The van der Waals surface area contributed by atoms with Crippen molar-refractivity contribution in [1.82, 2.24) is 9.55 Å². The average Bonchev–Trinajstić information content (AvgIpc) is 2.69. The molecule has 1 aliphatic heterocycles. The van der Waals surface area contributed by atoms with Gasteiger partial charge in [0.2, 0.25) is 0 Å². The summed E-state index contributed by atoms with van der Waals surface area (Å²) in [5.74, 6) is -0.000849. The highest BCUT2D eigenvalue weighted by Crippen LogP contribution is 2.57. The van der Waals surface area contributed by atoms with Crippen molar-refractivity contribution in [1.29, 1.82) is 0 Å². The van der Waals surface area contributed by atoms with E-state index in [1.165, 1.54) is 19.2 Å². The van der Waals surface area contributed by atoms with Gasteiger partial charge in [0.1, 0.15) is 17.6 Å². The van der Waals surface area contributed by atoms with Crippen LogP contribution in [-0.4, -0.2) is 48.2 Å². The van der Waals surface area contributed by atoms with Gasteiger partial charge in [0.25, 0.3) is 0 Å². The molecule has 1 unspecified atom stereocenters. The number of hydrogen-bond acceptors (Lipinski definition) is 9. The molecule has 1 aromatic rings. The highest BCUT2D eigenvalue weighted by atomic mass is 31.3. The topological polar surface area (TPSA) is 204 Å². The first-order valence-electron chi connectivity index (χ1n) is 6.77. The first kappa shape index (κ1) is 20.2. The van der Waals surface area contributed by atoms with Crippen LogP contribution in [0.25, 0.3) is 0 Å². The van der Waals surface area contributed by atoms with E-state index in [1.807, 2.05) is 0 Å². The van der Waals surface area contributed by atoms with Crippen LogP contribution in [0.2, 0.25) is 0 Å². The smallest absolute Gasteiger partial charge is 0.390 e. The van der Waals surface area contributed by atoms with Crippen LogP contribution in [0.5, 0.6) is 0 Å². The Balaban J connectivity index is 2.09. The molecule has 0 saturated carbocycles. The van der Waals surface area contributed by atoms with Crippen molar-refractivity contribution in [2.24, 2.45) is 0 Å². The fourth-order valence-corrected chi connectivity index (χ4v) is 3.97. The van der Waals surface area contributed by atoms with Crippen molar-refractivity contribution in [3.63, 3.8) is 0 Å². The molecule has 2 rings (SSSR count). The third kappa shape index (κ3) is 5.17. The van der Waals surface area contributed by atoms with Gasteiger partial charge in [-0.05, 0) is 13.0 Å². The largest absolute Gasteiger partial charge is 0.481 e. The summed E-state index contributed by atoms with van der Waals surface area (Å²) >= 11 is 0. The number of aliphatic hydroxyl groups is 1. The molecule has 1 saturated heterocycles. The molecule has 0 bridgehead atoms. The summed E-state index contributed by atoms with van der Waals surface area (Å²) in [5.41, 5.74) is 3.33. The fourth-order valence-electron chi connectivity index (χ4n) is 2.37. The Kier molecular flexibility index (Phi) is 5.55. The zero-order valence-corrected chi connectivity index (χ0v) is 14.6. The van der Waals surface area contributed by atoms with E-state index in [-0.39, 0.29) is 12.2 Å². The molecule has 0 radical (unpaired) electrons. The minimum Gasteiger partial charge on any atom is -0.390 e. The monoisotopic (exact) mass is 401 g/mol. The molecule has 1 fully saturated rings. The molecule has 2 heterocycles. The average molecular weight is 401 g/mol. The Bertz CT molecular complexity index is 793. The lowest BCUT2D eigenvalue weighted by Gasteiger charge is -2.26. The van der Waals surface area contributed by atoms with Gasteiger partial charge in [0, 0.05) is 12.6 Å². The SMILES string of the molecule is C[C@]1(n2ccc(N)nc2=O)C[C@H](O)[C@@H](COP(=O)(O)OP(=O)(O)O)O1. The first-order valence-corrected chi connectivity index (χ1v) is 9.80. The van der Waals surface area contributed by atoms with Crippen molar-refractivity contribution in [2.75, 3.05) is 12.3 Å². The maximum absolute atomic E-state index is 11.9. The molecule has 142 valence electrons. The normalized spacial score (nSPS) is 29.5. The van der Waals surface area contributed by atoms with Crippen LogP contribution in [0.1, 0.15) is 13.3 Å². The highest BCUT2D eigenvalue weighted by Gasteiger charge is 2.46. The van der Waals surface area contributed by atoms with Gasteiger partial charge in [-0.15, -0.1) is 0 Å². The number of phosphoric acid groups is 2. The Labute approximate surface area is 140 Å². The fraction of sp³-hybridized carbons (Fsp3) is 0.600. The molecule has 0 amide bonds. The summed E-state index contributed by atoms with van der Waals surface area (Å²) in [6.07, 6.45) is -1.14. The van der Waals surface area contributed by atoms with Gasteiger partial charge in [-0.2, -0.15) is 9.29 Å². The second kappa shape index (κ2) is 6.88. The molecule has 13 nitrogen and oxygen atoms in total. The van der Waals surface area contributed by atoms with Crippen LogP contribution in [0, 0.1) is 0 Å². The van der Waals surface area contributed by atoms with E-state index in [0.717, 1.165) is 4.57 Å². The molecule has 0 spiro atoms. The molecule has 25 heavy (non-hydrogen) atoms. The van der Waals surface area contributed by atoms with Crippen molar-refractivity contribution >= 4 is 21.5 Å². The molecule has 1 aromatic heterocycles. The number of nitrogens with zero attached hydrogens (tertiary/aromatic N) is 2. The lowest BCUT2D eigenvalue weighted by Crippen LogP contribution is -2.40. The Morgan fingerprint density at radius 3 is 2.68 bits per heavy atom. The Hall–Kier alpha value is -1.14. The van der Waals surface area contributed by atoms with Gasteiger partial charge in [0.15, 0.2) is 0 Å². The van der Waals surface area contributed by atoms with Crippen molar-refractivity contribution in [3.8, 4) is 0 Å². The number of nitrogens with two attached hydrogens (primary N) is 1. The molecule has 0 aromatic carbocycles. The zero-order valence-electron chi connectivity index (χ0n) is 12.8. The molecular formula is C10H17N3O10P2. The minimum atomic E-state index is -5.26. The molecule has 4 atom stereocenters. The van der Waals surface area contributed by atoms with E-state index < -0.39 is 45.9 Å². The summed E-state index contributed by atoms with van der Waals surface area (Å²) in [7, 11) is -10.3. The molecular weight excluding hydrogens is 384 g/mol. The van der Waals surface area contributed by atoms with Crippen LogP contribution in [0.4, 0.5) is 5.82 Å². The van der Waals surface area contributed by atoms with E-state index in [4.69, 9.17) is 20.3 Å². The number of anilines is 1. The lowest BCUT2D eigenvalue weighted by atomic mass is 10.1. The molecule has 6 N–H and O–H groups in total. The lowest BCUT2D eigenvalue weighted by molar-refractivity contribution is -0.106. The summed E-state index contributed by atoms with van der Waals surface area (Å²) in [4.78, 5) is 41.7. The van der Waals surface area contributed by atoms with E-state index in [0.29, 0.717) is 0 Å². The third-order valence-electron chi connectivity index (χ3n) is 3.37. The van der Waals surface area contributed by atoms with Gasteiger partial charge in [0.05, 0.1) is 12.7 Å². The van der Waals surface area contributed by atoms with Crippen molar-refractivity contribution in [3.05, 3.63) is 22.7 Å². The number of aliphatic hydroxyl groups excluding tert-OH is 1. The molecule has 1 aliphatic rings. The Morgan fingerprint density at radius 1 is 1.48 bits per heavy atom. The number of aromatic nitrogens is 2. The van der Waals surface area contributed by atoms with E-state index in [1.54, 1.807) is 0 Å². The summed E-state index contributed by atoms with van der Waals surface area (Å²) in [5, 5.41) is 10.0. The number of hydrogen-bond donors (Lipinski definition) is 5. The van der Waals surface area contributed by atoms with Gasteiger partial charge in [-0.1, -0.05) is 0 Å². The van der Waals surface area contributed by atoms with E-state index >= 15 is 0 Å². The summed E-state index contributed by atoms with van der Waals surface area (Å²) in [6, 6.07) is 1.35. The molecule has 0 aliphatic carbocycles. The van der Waals surface area contributed by atoms with E-state index in [9.17, 15) is 23.9 Å². The maximum Gasteiger partial charge on any atom is 0.481 e. The maximum atomic E-state index is 11.9. The number of rotatable bonds is 6. The summed E-state index contributed by atoms with van der Waals surface area (Å²) in [6.45, 7) is 0.752. The quantitative estimate of drug-likeness (QED) is 0.359. The van der Waals surface area contributed by atoms with Gasteiger partial charge in [-0.25, -0.2) is 13.9 Å². The third-order valence-corrected chi connectivity index (χ3v) is 5.52. The molecule has 15 heteroatoms. The highest BCUT2D eigenvalue weighted by molar-refractivity contribution is 7.60. The van der Waals surface area contributed by atoms with Crippen molar-refractivity contribution < 1.29 is 42.5 Å².